The number of piperidine rings is 1. The first-order valence-electron chi connectivity index (χ1n) is 15.0. The Labute approximate surface area is 276 Å². The number of hydrogen-bond donors (Lipinski definition) is 2. The van der Waals surface area contributed by atoms with Crippen LogP contribution in [0, 0.1) is 23.6 Å². The van der Waals surface area contributed by atoms with Crippen molar-refractivity contribution in [3.8, 4) is 0 Å². The molecule has 0 saturated carbocycles. The molecule has 0 aliphatic carbocycles. The zero-order valence-electron chi connectivity index (χ0n) is 26.1. The molecule has 1 aliphatic rings. The Kier molecular flexibility index (Phi) is 13.7. The maximum atomic E-state index is 14.3. The van der Waals surface area contributed by atoms with Crippen molar-refractivity contribution in [2.45, 2.75) is 58.7 Å². The number of ether oxygens (including phenoxy) is 1. The van der Waals surface area contributed by atoms with Gasteiger partial charge >= 0.3 is 12.3 Å². The van der Waals surface area contributed by atoms with E-state index in [4.69, 9.17) is 27.9 Å². The summed E-state index contributed by atoms with van der Waals surface area (Å²) >= 11 is 12.0. The van der Waals surface area contributed by atoms with Crippen LogP contribution in [0.15, 0.2) is 52.4 Å². The van der Waals surface area contributed by atoms with Crippen LogP contribution in [0.25, 0.3) is 0 Å². The van der Waals surface area contributed by atoms with Crippen molar-refractivity contribution in [2.24, 2.45) is 27.7 Å². The Morgan fingerprint density at radius 3 is 2.37 bits per heavy atom. The van der Waals surface area contributed by atoms with Crippen LogP contribution in [0.1, 0.15) is 56.8 Å². The molecule has 8 nitrogen and oxygen atoms in total. The number of benzene rings is 2. The maximum Gasteiger partial charge on any atom is 0.429 e. The minimum absolute atomic E-state index is 0.0262. The average molecular weight is 689 g/mol. The van der Waals surface area contributed by atoms with Crippen LogP contribution >= 0.6 is 23.2 Å². The highest BCUT2D eigenvalue weighted by Crippen LogP contribution is 2.33. The van der Waals surface area contributed by atoms with Gasteiger partial charge in [-0.05, 0) is 73.9 Å². The number of methoxy groups -OCH3 is 1. The molecule has 3 atom stereocenters. The molecular formula is C32H39Cl2F4N5O3. The van der Waals surface area contributed by atoms with Gasteiger partial charge in [0.2, 0.25) is 5.96 Å². The van der Waals surface area contributed by atoms with E-state index in [1.807, 2.05) is 13.8 Å². The van der Waals surface area contributed by atoms with Gasteiger partial charge in [0.25, 0.3) is 5.91 Å². The molecule has 2 amide bonds. The summed E-state index contributed by atoms with van der Waals surface area (Å²) in [6, 6.07) is 8.62. The predicted octanol–water partition coefficient (Wildman–Crippen LogP) is 8.25. The van der Waals surface area contributed by atoms with Crippen molar-refractivity contribution in [3.63, 3.8) is 0 Å². The van der Waals surface area contributed by atoms with Crippen molar-refractivity contribution in [2.75, 3.05) is 32.1 Å². The topological polar surface area (TPSA) is 95.4 Å². The fraction of sp³-hybridized carbons (Fsp3) is 0.500. The highest BCUT2D eigenvalue weighted by atomic mass is 35.5. The second-order valence-electron chi connectivity index (χ2n) is 11.4. The summed E-state index contributed by atoms with van der Waals surface area (Å²) in [5.74, 6) is -1.42. The second-order valence-corrected chi connectivity index (χ2v) is 12.3. The Morgan fingerprint density at radius 1 is 1.09 bits per heavy atom. The first-order chi connectivity index (χ1) is 21.7. The van der Waals surface area contributed by atoms with Gasteiger partial charge in [0.1, 0.15) is 11.5 Å². The fourth-order valence-corrected chi connectivity index (χ4v) is 5.85. The predicted molar refractivity (Wildman–Crippen MR) is 173 cm³/mol. The standard InChI is InChI=1S/C32H39Cl2F4N5O3/c1-5-19(2)27(21-9-11-43(12-10-21)31(45)46-4)18-39-28(32(36,37)38)13-20(3)40-30(41-26-16-24(34)15-25(35)17-26)42-29(44)22-7-6-8-23(33)14-22/h6-8,14-17,19-21,27H,5,9-13,18H2,1-4H3,(H2,40,41,42,44). The monoisotopic (exact) mass is 687 g/mol. The smallest absolute Gasteiger partial charge is 0.429 e. The zero-order chi connectivity index (χ0) is 34.0. The minimum atomic E-state index is -4.72. The molecule has 1 heterocycles. The molecule has 0 bridgehead atoms. The van der Waals surface area contributed by atoms with Gasteiger partial charge in [-0.3, -0.25) is 15.1 Å². The third kappa shape index (κ3) is 11.2. The van der Waals surface area contributed by atoms with Gasteiger partial charge in [0.15, 0.2) is 0 Å². The van der Waals surface area contributed by atoms with Crippen molar-refractivity contribution >= 4 is 52.6 Å². The number of halogens is 6. The lowest BCUT2D eigenvalue weighted by Gasteiger charge is -2.37. The molecule has 46 heavy (non-hydrogen) atoms. The first-order valence-corrected chi connectivity index (χ1v) is 15.8. The highest BCUT2D eigenvalue weighted by Gasteiger charge is 2.37. The number of nitrogens with zero attached hydrogens (tertiary/aromatic N) is 3. The Morgan fingerprint density at radius 2 is 1.78 bits per heavy atom. The van der Waals surface area contributed by atoms with E-state index in [1.165, 1.54) is 32.2 Å². The summed E-state index contributed by atoms with van der Waals surface area (Å²) < 4.78 is 61.7. The minimum Gasteiger partial charge on any atom is -0.453 e. The summed E-state index contributed by atoms with van der Waals surface area (Å²) in [7, 11) is 1.32. The Bertz CT molecular complexity index is 1390. The number of rotatable bonds is 10. The van der Waals surface area contributed by atoms with Gasteiger partial charge in [-0.2, -0.15) is 13.2 Å². The third-order valence-electron chi connectivity index (χ3n) is 8.06. The van der Waals surface area contributed by atoms with Crippen LogP contribution in [-0.2, 0) is 4.74 Å². The maximum absolute atomic E-state index is 14.3. The summed E-state index contributed by atoms with van der Waals surface area (Å²) in [6.45, 7) is 6.37. The highest BCUT2D eigenvalue weighted by molar-refractivity contribution is 6.31. The SMILES string of the molecule is CCC(C)C(CN=C(CC(C)N=C(NC(=O)c1cccc(Cl)c1)Nc1cc(F)cc(Cl)c1)C(F)(F)F)C1CCN(C(=O)OC)CC1. The van der Waals surface area contributed by atoms with E-state index in [0.29, 0.717) is 31.0 Å². The van der Waals surface area contributed by atoms with E-state index >= 15 is 0 Å². The first kappa shape index (κ1) is 37.1. The van der Waals surface area contributed by atoms with Gasteiger partial charge < -0.3 is 15.0 Å². The summed E-state index contributed by atoms with van der Waals surface area (Å²) in [5.41, 5.74) is -0.668. The van der Waals surface area contributed by atoms with Gasteiger partial charge in [-0.15, -0.1) is 0 Å². The fourth-order valence-electron chi connectivity index (χ4n) is 5.43. The van der Waals surface area contributed by atoms with E-state index in [-0.39, 0.29) is 46.5 Å². The molecule has 0 radical (unpaired) electrons. The van der Waals surface area contributed by atoms with Gasteiger partial charge in [-0.1, -0.05) is 49.5 Å². The molecule has 2 N–H and O–H groups in total. The van der Waals surface area contributed by atoms with E-state index in [1.54, 1.807) is 17.0 Å². The largest absolute Gasteiger partial charge is 0.453 e. The number of amides is 2. The van der Waals surface area contributed by atoms with Gasteiger partial charge in [0, 0.05) is 47.4 Å². The lowest BCUT2D eigenvalue weighted by Crippen LogP contribution is -2.41. The molecule has 3 unspecified atom stereocenters. The molecule has 2 aromatic rings. The lowest BCUT2D eigenvalue weighted by molar-refractivity contribution is -0.0611. The zero-order valence-corrected chi connectivity index (χ0v) is 27.6. The van der Waals surface area contributed by atoms with Crippen LogP contribution in [0.2, 0.25) is 10.0 Å². The number of aliphatic imine (C=N–C) groups is 2. The quantitative estimate of drug-likeness (QED) is 0.149. The average Bonchev–Trinajstić information content (AvgIpc) is 2.99. The number of likely N-dealkylation sites (tertiary alicyclic amines) is 1. The molecule has 1 aliphatic heterocycles. The van der Waals surface area contributed by atoms with Crippen LogP contribution in [0.4, 0.5) is 28.0 Å². The number of hydrogen-bond acceptors (Lipinski definition) is 5. The van der Waals surface area contributed by atoms with Crippen molar-refractivity contribution in [1.82, 2.24) is 10.2 Å². The molecular weight excluding hydrogens is 649 g/mol. The van der Waals surface area contributed by atoms with Gasteiger partial charge in [0.05, 0.1) is 13.2 Å². The molecule has 1 fully saturated rings. The Balaban J connectivity index is 1.84. The lowest BCUT2D eigenvalue weighted by atomic mass is 9.76. The Hall–Kier alpha value is -3.38. The van der Waals surface area contributed by atoms with Crippen molar-refractivity contribution in [1.29, 1.82) is 0 Å². The summed E-state index contributed by atoms with van der Waals surface area (Å²) in [6.07, 6.45) is -3.64. The summed E-state index contributed by atoms with van der Waals surface area (Å²) in [4.78, 5) is 34.9. The summed E-state index contributed by atoms with van der Waals surface area (Å²) in [5, 5.41) is 5.66. The molecule has 0 spiro atoms. The second kappa shape index (κ2) is 17.0. The molecule has 3 rings (SSSR count). The van der Waals surface area contributed by atoms with Crippen LogP contribution in [0.3, 0.4) is 0 Å². The van der Waals surface area contributed by atoms with Crippen LogP contribution < -0.4 is 10.6 Å². The number of carbonyl (C=O) groups is 2. The number of carbonyl (C=O) groups excluding carboxylic acids is 2. The van der Waals surface area contributed by atoms with E-state index in [9.17, 15) is 27.2 Å². The van der Waals surface area contributed by atoms with E-state index in [2.05, 4.69) is 20.6 Å². The number of anilines is 1. The molecule has 1 saturated heterocycles. The number of alkyl halides is 3. The van der Waals surface area contributed by atoms with Gasteiger partial charge in [-0.25, -0.2) is 14.2 Å². The third-order valence-corrected chi connectivity index (χ3v) is 8.51. The van der Waals surface area contributed by atoms with Crippen LogP contribution in [-0.4, -0.2) is 67.5 Å². The van der Waals surface area contributed by atoms with E-state index < -0.39 is 42.2 Å². The van der Waals surface area contributed by atoms with E-state index in [0.717, 1.165) is 18.6 Å². The van der Waals surface area contributed by atoms with Crippen LogP contribution in [0.5, 0.6) is 0 Å². The molecule has 0 aromatic heterocycles. The molecule has 252 valence electrons. The number of nitrogens with one attached hydrogen (secondary N) is 2. The number of guanidine groups is 1. The molecule has 14 heteroatoms. The van der Waals surface area contributed by atoms with Crippen molar-refractivity contribution in [3.05, 3.63) is 63.9 Å². The normalized spacial score (nSPS) is 16.9. The molecule has 2 aromatic carbocycles. The van der Waals surface area contributed by atoms with Crippen molar-refractivity contribution < 1.29 is 31.9 Å².